The molecule has 0 rings (SSSR count). The SMILES string of the molecule is C=C(O)C(OC(N)OCCOC(C)C)C(C)OC. The maximum atomic E-state index is 9.37. The Labute approximate surface area is 109 Å². The molecule has 0 spiro atoms. The number of aliphatic hydroxyl groups excluding tert-OH is 1. The number of methoxy groups -OCH3 is 1. The Morgan fingerprint density at radius 2 is 1.78 bits per heavy atom. The quantitative estimate of drug-likeness (QED) is 0.349. The molecular formula is C12H25NO5. The molecule has 6 nitrogen and oxygen atoms in total. The zero-order valence-electron chi connectivity index (χ0n) is 11.6. The number of hydrogen-bond acceptors (Lipinski definition) is 6. The molecule has 0 bridgehead atoms. The van der Waals surface area contributed by atoms with Crippen LogP contribution in [0.4, 0.5) is 0 Å². The van der Waals surface area contributed by atoms with Crippen molar-refractivity contribution in [3.63, 3.8) is 0 Å². The lowest BCUT2D eigenvalue weighted by molar-refractivity contribution is -0.192. The van der Waals surface area contributed by atoms with Gasteiger partial charge in [-0.3, -0.25) is 5.73 Å². The van der Waals surface area contributed by atoms with Gasteiger partial charge in [0.05, 0.1) is 25.4 Å². The molecule has 0 aromatic rings. The minimum atomic E-state index is -0.965. The molecule has 0 saturated carbocycles. The summed E-state index contributed by atoms with van der Waals surface area (Å²) in [4.78, 5) is 0. The summed E-state index contributed by atoms with van der Waals surface area (Å²) in [5.41, 5.74) is 5.61. The van der Waals surface area contributed by atoms with Crippen molar-refractivity contribution < 1.29 is 24.1 Å². The third kappa shape index (κ3) is 7.62. The Balaban J connectivity index is 3.95. The summed E-state index contributed by atoms with van der Waals surface area (Å²) < 4.78 is 20.8. The Morgan fingerprint density at radius 1 is 1.22 bits per heavy atom. The van der Waals surface area contributed by atoms with Crippen molar-refractivity contribution in [2.45, 2.75) is 45.5 Å². The second kappa shape index (κ2) is 9.29. The summed E-state index contributed by atoms with van der Waals surface area (Å²) in [5, 5.41) is 9.37. The third-order valence-electron chi connectivity index (χ3n) is 2.22. The molecule has 0 saturated heterocycles. The van der Waals surface area contributed by atoms with Gasteiger partial charge in [0.15, 0.2) is 0 Å². The second-order valence-electron chi connectivity index (χ2n) is 4.15. The van der Waals surface area contributed by atoms with Gasteiger partial charge < -0.3 is 24.1 Å². The second-order valence-corrected chi connectivity index (χ2v) is 4.15. The summed E-state index contributed by atoms with van der Waals surface area (Å²) in [6, 6.07) is 0. The normalized spacial score (nSPS) is 16.6. The van der Waals surface area contributed by atoms with Crippen molar-refractivity contribution in [1.29, 1.82) is 0 Å². The molecule has 0 fully saturated rings. The summed E-state index contributed by atoms with van der Waals surface area (Å²) >= 11 is 0. The minimum absolute atomic E-state index is 0.143. The van der Waals surface area contributed by atoms with E-state index in [1.165, 1.54) is 7.11 Å². The molecule has 18 heavy (non-hydrogen) atoms. The molecule has 3 atom stereocenters. The van der Waals surface area contributed by atoms with Crippen LogP contribution in [0.1, 0.15) is 20.8 Å². The lowest BCUT2D eigenvalue weighted by Gasteiger charge is -2.25. The van der Waals surface area contributed by atoms with E-state index in [1.807, 2.05) is 13.8 Å². The number of hydrogen-bond donors (Lipinski definition) is 2. The number of nitrogens with two attached hydrogens (primary N) is 1. The van der Waals surface area contributed by atoms with Gasteiger partial charge >= 0.3 is 0 Å². The van der Waals surface area contributed by atoms with Crippen molar-refractivity contribution in [2.75, 3.05) is 20.3 Å². The first kappa shape index (κ1) is 17.3. The van der Waals surface area contributed by atoms with E-state index in [1.54, 1.807) is 6.92 Å². The lowest BCUT2D eigenvalue weighted by Crippen LogP contribution is -2.39. The molecule has 0 heterocycles. The van der Waals surface area contributed by atoms with Crippen LogP contribution in [0.3, 0.4) is 0 Å². The van der Waals surface area contributed by atoms with E-state index < -0.39 is 12.5 Å². The molecule has 3 N–H and O–H groups in total. The first-order chi connectivity index (χ1) is 8.38. The van der Waals surface area contributed by atoms with Gasteiger partial charge in [0.1, 0.15) is 11.9 Å². The molecule has 0 aliphatic carbocycles. The standard InChI is InChI=1S/C12H25NO5/c1-8(2)16-6-7-17-12(13)18-11(9(3)14)10(4)15-5/h8,10-12,14H,3,6-7,13H2,1-2,4-5H3. The molecule has 108 valence electrons. The van der Waals surface area contributed by atoms with Crippen molar-refractivity contribution >= 4 is 0 Å². The first-order valence-electron chi connectivity index (χ1n) is 5.93. The van der Waals surface area contributed by atoms with Gasteiger partial charge in [-0.15, -0.1) is 0 Å². The average molecular weight is 263 g/mol. The number of aliphatic hydroxyl groups is 1. The lowest BCUT2D eigenvalue weighted by atomic mass is 10.2. The van der Waals surface area contributed by atoms with Crippen molar-refractivity contribution in [3.8, 4) is 0 Å². The van der Waals surface area contributed by atoms with Gasteiger partial charge in [-0.1, -0.05) is 6.58 Å². The molecule has 0 aliphatic heterocycles. The number of rotatable bonds is 10. The van der Waals surface area contributed by atoms with E-state index in [0.29, 0.717) is 13.2 Å². The molecule has 0 amide bonds. The van der Waals surface area contributed by atoms with E-state index in [4.69, 9.17) is 24.7 Å². The van der Waals surface area contributed by atoms with Crippen LogP contribution in [-0.2, 0) is 18.9 Å². The summed E-state index contributed by atoms with van der Waals surface area (Å²) in [6.45, 7) is 9.76. The monoisotopic (exact) mass is 263 g/mol. The fourth-order valence-electron chi connectivity index (χ4n) is 1.22. The van der Waals surface area contributed by atoms with Gasteiger partial charge in [0.2, 0.25) is 6.41 Å². The minimum Gasteiger partial charge on any atom is -0.510 e. The van der Waals surface area contributed by atoms with Crippen LogP contribution in [-0.4, -0.2) is 50.2 Å². The van der Waals surface area contributed by atoms with Crippen LogP contribution in [0.25, 0.3) is 0 Å². The van der Waals surface area contributed by atoms with Crippen LogP contribution in [0.15, 0.2) is 12.3 Å². The zero-order valence-corrected chi connectivity index (χ0v) is 11.6. The first-order valence-corrected chi connectivity index (χ1v) is 5.93. The smallest absolute Gasteiger partial charge is 0.214 e. The van der Waals surface area contributed by atoms with E-state index >= 15 is 0 Å². The molecule has 0 aliphatic rings. The van der Waals surface area contributed by atoms with Gasteiger partial charge in [0.25, 0.3) is 0 Å². The Bertz CT molecular complexity index is 235. The van der Waals surface area contributed by atoms with E-state index in [0.717, 1.165) is 0 Å². The van der Waals surface area contributed by atoms with Crippen LogP contribution in [0, 0.1) is 0 Å². The predicted molar refractivity (Wildman–Crippen MR) is 68.1 cm³/mol. The highest BCUT2D eigenvalue weighted by molar-refractivity contribution is 4.94. The van der Waals surface area contributed by atoms with E-state index in [9.17, 15) is 5.11 Å². The fourth-order valence-corrected chi connectivity index (χ4v) is 1.22. The van der Waals surface area contributed by atoms with E-state index in [2.05, 4.69) is 6.58 Å². The molecule has 0 radical (unpaired) electrons. The zero-order chi connectivity index (χ0) is 14.1. The predicted octanol–water partition coefficient (Wildman–Crippen LogP) is 1.16. The Kier molecular flexibility index (Phi) is 8.95. The van der Waals surface area contributed by atoms with Gasteiger partial charge in [-0.05, 0) is 20.8 Å². The van der Waals surface area contributed by atoms with Gasteiger partial charge in [0, 0.05) is 7.11 Å². The molecule has 0 aromatic heterocycles. The van der Waals surface area contributed by atoms with Crippen molar-refractivity contribution in [2.24, 2.45) is 5.73 Å². The summed E-state index contributed by atoms with van der Waals surface area (Å²) in [5.74, 6) is -0.151. The average Bonchev–Trinajstić information content (AvgIpc) is 2.30. The van der Waals surface area contributed by atoms with E-state index in [-0.39, 0.29) is 18.0 Å². The van der Waals surface area contributed by atoms with Crippen LogP contribution >= 0.6 is 0 Å². The molecule has 3 unspecified atom stereocenters. The highest BCUT2D eigenvalue weighted by Crippen LogP contribution is 2.11. The topological polar surface area (TPSA) is 83.2 Å². The molecule has 6 heteroatoms. The molecule has 0 aromatic carbocycles. The van der Waals surface area contributed by atoms with Gasteiger partial charge in [-0.2, -0.15) is 0 Å². The Hall–Kier alpha value is -0.660. The Morgan fingerprint density at radius 3 is 2.22 bits per heavy atom. The highest BCUT2D eigenvalue weighted by atomic mass is 16.7. The largest absolute Gasteiger partial charge is 0.510 e. The third-order valence-corrected chi connectivity index (χ3v) is 2.22. The fraction of sp³-hybridized carbons (Fsp3) is 0.833. The van der Waals surface area contributed by atoms with Crippen LogP contribution in [0.5, 0.6) is 0 Å². The van der Waals surface area contributed by atoms with Crippen molar-refractivity contribution in [1.82, 2.24) is 0 Å². The maximum absolute atomic E-state index is 9.37. The van der Waals surface area contributed by atoms with Crippen LogP contribution in [0.2, 0.25) is 0 Å². The van der Waals surface area contributed by atoms with Crippen LogP contribution < -0.4 is 5.73 Å². The highest BCUT2D eigenvalue weighted by Gasteiger charge is 2.23. The van der Waals surface area contributed by atoms with Gasteiger partial charge in [-0.25, -0.2) is 0 Å². The molecular weight excluding hydrogens is 238 g/mol. The summed E-state index contributed by atoms with van der Waals surface area (Å²) in [7, 11) is 1.51. The summed E-state index contributed by atoms with van der Waals surface area (Å²) in [6.07, 6.45) is -1.92. The number of ether oxygens (including phenoxy) is 4. The van der Waals surface area contributed by atoms with Crippen molar-refractivity contribution in [3.05, 3.63) is 12.3 Å². The maximum Gasteiger partial charge on any atom is 0.214 e.